The molecule has 2 N–H and O–H groups in total. The summed E-state index contributed by atoms with van der Waals surface area (Å²) >= 11 is 1.55. The topological polar surface area (TPSA) is 41.1 Å². The number of halogens is 3. The number of hydrogen-bond donors (Lipinski definition) is 2. The molecule has 1 heterocycles. The largest absolute Gasteiger partial charge is 0.322 e. The molecular formula is C21H19F3N2OS. The molecule has 0 unspecified atom stereocenters. The van der Waals surface area contributed by atoms with Gasteiger partial charge in [0.2, 0.25) is 5.91 Å². The highest BCUT2D eigenvalue weighted by molar-refractivity contribution is 7.10. The number of thiophene rings is 1. The maximum atomic E-state index is 13.7. The summed E-state index contributed by atoms with van der Waals surface area (Å²) in [4.78, 5) is 13.2. The minimum Gasteiger partial charge on any atom is -0.322 e. The lowest BCUT2D eigenvalue weighted by molar-refractivity contribution is -0.115. The van der Waals surface area contributed by atoms with Gasteiger partial charge >= 0.3 is 0 Å². The molecule has 0 fully saturated rings. The maximum absolute atomic E-state index is 13.7. The van der Waals surface area contributed by atoms with E-state index in [1.165, 1.54) is 5.56 Å². The van der Waals surface area contributed by atoms with Gasteiger partial charge in [-0.2, -0.15) is 0 Å². The average Bonchev–Trinajstić information content (AvgIpc) is 3.23. The third-order valence-electron chi connectivity index (χ3n) is 4.33. The zero-order valence-electron chi connectivity index (χ0n) is 15.1. The van der Waals surface area contributed by atoms with E-state index >= 15 is 0 Å². The Labute approximate surface area is 165 Å². The number of nitrogens with one attached hydrogen (secondary N) is 2. The zero-order valence-corrected chi connectivity index (χ0v) is 16.0. The first-order valence-electron chi connectivity index (χ1n) is 8.78. The normalized spacial score (nSPS) is 12.0. The number of hydrogen-bond acceptors (Lipinski definition) is 3. The van der Waals surface area contributed by atoms with E-state index in [1.54, 1.807) is 11.3 Å². The molecule has 7 heteroatoms. The lowest BCUT2D eigenvalue weighted by Crippen LogP contribution is -2.31. The van der Waals surface area contributed by atoms with Crippen LogP contribution in [-0.4, -0.2) is 12.5 Å². The Kier molecular flexibility index (Phi) is 6.49. The minimum absolute atomic E-state index is 0.128. The number of benzene rings is 2. The highest BCUT2D eigenvalue weighted by Crippen LogP contribution is 2.26. The van der Waals surface area contributed by atoms with Crippen LogP contribution in [0.2, 0.25) is 0 Å². The summed E-state index contributed by atoms with van der Waals surface area (Å²) in [6.45, 7) is 1.95. The Morgan fingerprint density at radius 3 is 2.43 bits per heavy atom. The molecule has 0 bridgehead atoms. The van der Waals surface area contributed by atoms with E-state index in [4.69, 9.17) is 0 Å². The summed E-state index contributed by atoms with van der Waals surface area (Å²) in [7, 11) is 0. The molecule has 1 aromatic heterocycles. The predicted octanol–water partition coefficient (Wildman–Crippen LogP) is 5.05. The van der Waals surface area contributed by atoms with E-state index in [9.17, 15) is 18.0 Å². The van der Waals surface area contributed by atoms with Crippen molar-refractivity contribution in [2.24, 2.45) is 0 Å². The molecule has 0 aliphatic carbocycles. The molecule has 3 nitrogen and oxygen atoms in total. The highest BCUT2D eigenvalue weighted by atomic mass is 32.1. The summed E-state index contributed by atoms with van der Waals surface area (Å²) in [6.07, 6.45) is 0.930. The van der Waals surface area contributed by atoms with E-state index in [-0.39, 0.29) is 12.6 Å². The number of amides is 1. The Morgan fingerprint density at radius 2 is 1.79 bits per heavy atom. The first-order valence-corrected chi connectivity index (χ1v) is 9.66. The van der Waals surface area contributed by atoms with Gasteiger partial charge in [0.15, 0.2) is 17.5 Å². The second-order valence-corrected chi connectivity index (χ2v) is 7.17. The molecule has 1 atom stereocenters. The van der Waals surface area contributed by atoms with Crippen LogP contribution in [0, 0.1) is 17.5 Å². The number of aryl methyl sites for hydroxylation is 1. The van der Waals surface area contributed by atoms with Gasteiger partial charge in [0.1, 0.15) is 0 Å². The summed E-state index contributed by atoms with van der Waals surface area (Å²) in [5.74, 6) is -4.89. The van der Waals surface area contributed by atoms with E-state index in [0.717, 1.165) is 29.0 Å². The lowest BCUT2D eigenvalue weighted by atomic mass is 10.0. The van der Waals surface area contributed by atoms with Gasteiger partial charge in [-0.15, -0.1) is 11.3 Å². The van der Waals surface area contributed by atoms with Crippen LogP contribution in [0.3, 0.4) is 0 Å². The summed E-state index contributed by atoms with van der Waals surface area (Å²) in [5, 5.41) is 7.36. The average molecular weight is 404 g/mol. The van der Waals surface area contributed by atoms with Crippen LogP contribution in [0.15, 0.2) is 53.9 Å². The third-order valence-corrected chi connectivity index (χ3v) is 5.26. The van der Waals surface area contributed by atoms with Crippen molar-refractivity contribution in [3.8, 4) is 0 Å². The molecule has 28 heavy (non-hydrogen) atoms. The van der Waals surface area contributed by atoms with Gasteiger partial charge in [-0.05, 0) is 41.1 Å². The molecule has 0 aliphatic heterocycles. The molecule has 0 aliphatic rings. The maximum Gasteiger partial charge on any atom is 0.238 e. The Morgan fingerprint density at radius 1 is 1.04 bits per heavy atom. The fourth-order valence-electron chi connectivity index (χ4n) is 2.80. The van der Waals surface area contributed by atoms with Gasteiger partial charge < -0.3 is 5.32 Å². The van der Waals surface area contributed by atoms with Crippen molar-refractivity contribution in [1.29, 1.82) is 0 Å². The van der Waals surface area contributed by atoms with Crippen LogP contribution in [0.4, 0.5) is 18.9 Å². The molecule has 0 saturated carbocycles. The molecule has 1 amide bonds. The van der Waals surface area contributed by atoms with Gasteiger partial charge in [0, 0.05) is 4.88 Å². The second kappa shape index (κ2) is 9.03. The lowest BCUT2D eigenvalue weighted by Gasteiger charge is -2.18. The highest BCUT2D eigenvalue weighted by Gasteiger charge is 2.18. The van der Waals surface area contributed by atoms with Crippen LogP contribution < -0.4 is 10.6 Å². The second-order valence-electron chi connectivity index (χ2n) is 6.20. The Hall–Kier alpha value is -2.64. The SMILES string of the molecule is CCc1ccc([C@H](NCC(=O)Nc2ccc(F)c(F)c2F)c2cccs2)cc1. The van der Waals surface area contributed by atoms with Crippen molar-refractivity contribution >= 4 is 22.9 Å². The zero-order chi connectivity index (χ0) is 20.1. The Balaban J connectivity index is 1.71. The molecule has 2 aromatic carbocycles. The molecule has 0 radical (unpaired) electrons. The van der Waals surface area contributed by atoms with Gasteiger partial charge in [0.05, 0.1) is 18.3 Å². The van der Waals surface area contributed by atoms with E-state index in [1.807, 2.05) is 41.8 Å². The van der Waals surface area contributed by atoms with E-state index < -0.39 is 29.0 Å². The van der Waals surface area contributed by atoms with Crippen molar-refractivity contribution in [3.05, 3.63) is 87.4 Å². The summed E-state index contributed by atoms with van der Waals surface area (Å²) in [5.41, 5.74) is 1.80. The van der Waals surface area contributed by atoms with E-state index in [0.29, 0.717) is 0 Å². The standard InChI is InChI=1S/C21H19F3N2OS/c1-2-13-5-7-14(8-6-13)21(17-4-3-11-28-17)25-12-18(27)26-16-10-9-15(22)19(23)20(16)24/h3-11,21,25H,2,12H2,1H3,(H,26,27)/t21-/m0/s1. The van der Waals surface area contributed by atoms with Crippen molar-refractivity contribution in [2.45, 2.75) is 19.4 Å². The number of rotatable bonds is 7. The van der Waals surface area contributed by atoms with Gasteiger partial charge in [-0.3, -0.25) is 10.1 Å². The third kappa shape index (κ3) is 4.61. The molecule has 146 valence electrons. The predicted molar refractivity (Wildman–Crippen MR) is 105 cm³/mol. The van der Waals surface area contributed by atoms with Crippen molar-refractivity contribution in [3.63, 3.8) is 0 Å². The summed E-state index contributed by atoms with van der Waals surface area (Å²) in [6, 6.07) is 13.5. The molecule has 3 aromatic rings. The summed E-state index contributed by atoms with van der Waals surface area (Å²) < 4.78 is 40.1. The minimum atomic E-state index is -1.61. The monoisotopic (exact) mass is 404 g/mol. The quantitative estimate of drug-likeness (QED) is 0.542. The van der Waals surface area contributed by atoms with Gasteiger partial charge in [0.25, 0.3) is 0 Å². The van der Waals surface area contributed by atoms with E-state index in [2.05, 4.69) is 17.6 Å². The number of carbonyl (C=O) groups excluding carboxylic acids is 1. The van der Waals surface area contributed by atoms with Gasteiger partial charge in [-0.1, -0.05) is 37.3 Å². The van der Waals surface area contributed by atoms with Crippen LogP contribution in [0.25, 0.3) is 0 Å². The van der Waals surface area contributed by atoms with Crippen LogP contribution in [-0.2, 0) is 11.2 Å². The first-order chi connectivity index (χ1) is 13.5. The van der Waals surface area contributed by atoms with Crippen LogP contribution in [0.1, 0.15) is 29.0 Å². The smallest absolute Gasteiger partial charge is 0.238 e. The molecule has 0 saturated heterocycles. The van der Waals surface area contributed by atoms with Crippen LogP contribution >= 0.6 is 11.3 Å². The van der Waals surface area contributed by atoms with Crippen molar-refractivity contribution in [2.75, 3.05) is 11.9 Å². The van der Waals surface area contributed by atoms with Gasteiger partial charge in [-0.25, -0.2) is 13.2 Å². The van der Waals surface area contributed by atoms with Crippen molar-refractivity contribution in [1.82, 2.24) is 5.32 Å². The fraction of sp³-hybridized carbons (Fsp3) is 0.190. The Bertz CT molecular complexity index is 943. The first kappa shape index (κ1) is 20.1. The fourth-order valence-corrected chi connectivity index (χ4v) is 3.62. The molecule has 0 spiro atoms. The number of carbonyl (C=O) groups is 1. The van der Waals surface area contributed by atoms with Crippen LogP contribution in [0.5, 0.6) is 0 Å². The van der Waals surface area contributed by atoms with Crippen molar-refractivity contribution < 1.29 is 18.0 Å². The molecule has 3 rings (SSSR count). The molecular weight excluding hydrogens is 385 g/mol. The number of anilines is 1.